The Morgan fingerprint density at radius 1 is 1.09 bits per heavy atom. The van der Waals surface area contributed by atoms with Gasteiger partial charge in [-0.2, -0.15) is 0 Å². The van der Waals surface area contributed by atoms with Gasteiger partial charge in [-0.05, 0) is 46.1 Å². The van der Waals surface area contributed by atoms with E-state index < -0.39 is 18.3 Å². The largest absolute Gasteiger partial charge is 0.495 e. The van der Waals surface area contributed by atoms with Crippen LogP contribution in [0.2, 0.25) is 0 Å². The number of carbonyl (C=O) groups excluding carboxylic acids is 1. The van der Waals surface area contributed by atoms with Gasteiger partial charge in [0.1, 0.15) is 0 Å². The molecule has 1 saturated heterocycles. The van der Waals surface area contributed by atoms with Crippen molar-refractivity contribution in [2.45, 2.75) is 59.7 Å². The topological polar surface area (TPSA) is 44.8 Å². The van der Waals surface area contributed by atoms with Crippen molar-refractivity contribution < 1.29 is 18.8 Å². The lowest BCUT2D eigenvalue weighted by Gasteiger charge is -2.32. The maximum absolute atomic E-state index is 12.0. The Hall–Kier alpha value is -1.33. The van der Waals surface area contributed by atoms with Crippen molar-refractivity contribution in [3.8, 4) is 0 Å². The fourth-order valence-corrected chi connectivity index (χ4v) is 2.07. The van der Waals surface area contributed by atoms with Crippen LogP contribution >= 0.6 is 0 Å². The Kier molecular flexibility index (Phi) is 6.21. The second-order valence-electron chi connectivity index (χ2n) is 5.90. The minimum atomic E-state index is -0.555. The number of hydrogen-bond donors (Lipinski definition) is 0. The van der Waals surface area contributed by atoms with Gasteiger partial charge in [-0.3, -0.25) is 0 Å². The van der Waals surface area contributed by atoms with E-state index in [0.29, 0.717) is 17.6 Å². The van der Waals surface area contributed by atoms with Crippen LogP contribution in [0.3, 0.4) is 0 Å². The van der Waals surface area contributed by atoms with Gasteiger partial charge in [0.05, 0.1) is 23.4 Å². The molecular formula is C17H27BO4. The first-order chi connectivity index (χ1) is 10.3. The van der Waals surface area contributed by atoms with Crippen LogP contribution in [0.5, 0.6) is 0 Å². The zero-order chi connectivity index (χ0) is 17.0. The molecule has 0 atom stereocenters. The van der Waals surface area contributed by atoms with E-state index in [9.17, 15) is 4.79 Å². The standard InChI is InChI=1S/C15H21BO4.C2H6/c1-6-18-13(17)11-9-7-8-10-12(11)16-19-14(2,3)15(4,5)20-16;1-2/h7-10H,6H2,1-5H3;1-2H3. The van der Waals surface area contributed by atoms with Crippen LogP contribution in [-0.2, 0) is 14.0 Å². The summed E-state index contributed by atoms with van der Waals surface area (Å²) in [5, 5.41) is 0. The number of carbonyl (C=O) groups is 1. The number of esters is 1. The third-order valence-corrected chi connectivity index (χ3v) is 3.96. The number of rotatable bonds is 3. The molecule has 0 spiro atoms. The van der Waals surface area contributed by atoms with Crippen molar-refractivity contribution in [1.29, 1.82) is 0 Å². The molecule has 1 aromatic carbocycles. The number of hydrogen-bond acceptors (Lipinski definition) is 4. The molecule has 0 aromatic heterocycles. The molecule has 1 aromatic rings. The van der Waals surface area contributed by atoms with Crippen molar-refractivity contribution in [1.82, 2.24) is 0 Å². The molecule has 1 aliphatic heterocycles. The zero-order valence-electron chi connectivity index (χ0n) is 14.7. The smallest absolute Gasteiger partial charge is 0.462 e. The summed E-state index contributed by atoms with van der Waals surface area (Å²) in [6.07, 6.45) is 0. The van der Waals surface area contributed by atoms with E-state index in [1.54, 1.807) is 19.1 Å². The Balaban J connectivity index is 0.00000116. The number of ether oxygens (including phenoxy) is 1. The van der Waals surface area contributed by atoms with Crippen LogP contribution in [-0.4, -0.2) is 30.9 Å². The second-order valence-corrected chi connectivity index (χ2v) is 5.90. The molecule has 0 saturated carbocycles. The van der Waals surface area contributed by atoms with E-state index in [1.807, 2.05) is 53.7 Å². The maximum Gasteiger partial charge on any atom is 0.495 e. The molecule has 0 N–H and O–H groups in total. The van der Waals surface area contributed by atoms with Gasteiger partial charge in [0.2, 0.25) is 0 Å². The summed E-state index contributed by atoms with van der Waals surface area (Å²) in [6.45, 7) is 14.1. The number of benzene rings is 1. The third-order valence-electron chi connectivity index (χ3n) is 3.96. The Bertz CT molecular complexity index is 495. The first kappa shape index (κ1) is 18.7. The van der Waals surface area contributed by atoms with Gasteiger partial charge in [0.15, 0.2) is 0 Å². The zero-order valence-corrected chi connectivity index (χ0v) is 14.7. The monoisotopic (exact) mass is 306 g/mol. The summed E-state index contributed by atoms with van der Waals surface area (Å²) >= 11 is 0. The minimum Gasteiger partial charge on any atom is -0.462 e. The van der Waals surface area contributed by atoms with Crippen molar-refractivity contribution in [3.05, 3.63) is 29.8 Å². The summed E-state index contributed by atoms with van der Waals surface area (Å²) in [6, 6.07) is 7.25. The molecule has 0 amide bonds. The van der Waals surface area contributed by atoms with Gasteiger partial charge in [0.25, 0.3) is 0 Å². The van der Waals surface area contributed by atoms with Gasteiger partial charge in [-0.1, -0.05) is 32.0 Å². The molecular weight excluding hydrogens is 279 g/mol. The molecule has 0 unspecified atom stereocenters. The third kappa shape index (κ3) is 3.71. The Labute approximate surface area is 134 Å². The van der Waals surface area contributed by atoms with Crippen LogP contribution in [0, 0.1) is 0 Å². The van der Waals surface area contributed by atoms with Crippen molar-refractivity contribution in [2.75, 3.05) is 6.61 Å². The molecule has 4 nitrogen and oxygen atoms in total. The lowest BCUT2D eigenvalue weighted by Crippen LogP contribution is -2.41. The molecule has 1 aliphatic rings. The summed E-state index contributed by atoms with van der Waals surface area (Å²) in [4.78, 5) is 12.0. The first-order valence-electron chi connectivity index (χ1n) is 7.90. The normalized spacial score (nSPS) is 18.4. The quantitative estimate of drug-likeness (QED) is 0.635. The molecule has 0 radical (unpaired) electrons. The fraction of sp³-hybridized carbons (Fsp3) is 0.588. The van der Waals surface area contributed by atoms with Gasteiger partial charge in [-0.25, -0.2) is 4.79 Å². The van der Waals surface area contributed by atoms with Crippen molar-refractivity contribution >= 4 is 18.6 Å². The van der Waals surface area contributed by atoms with Crippen LogP contribution < -0.4 is 5.46 Å². The molecule has 5 heteroatoms. The second kappa shape index (κ2) is 7.29. The Morgan fingerprint density at radius 3 is 2.09 bits per heavy atom. The molecule has 1 fully saturated rings. The van der Waals surface area contributed by atoms with E-state index in [4.69, 9.17) is 14.0 Å². The van der Waals surface area contributed by atoms with Crippen LogP contribution in [0.4, 0.5) is 0 Å². The fourth-order valence-electron chi connectivity index (χ4n) is 2.07. The summed E-state index contributed by atoms with van der Waals surface area (Å²) in [5.41, 5.74) is 0.344. The van der Waals surface area contributed by atoms with E-state index >= 15 is 0 Å². The molecule has 0 bridgehead atoms. The maximum atomic E-state index is 12.0. The lowest BCUT2D eigenvalue weighted by molar-refractivity contribution is 0.00578. The van der Waals surface area contributed by atoms with Gasteiger partial charge in [0, 0.05) is 0 Å². The first-order valence-corrected chi connectivity index (χ1v) is 7.90. The highest BCUT2D eigenvalue weighted by molar-refractivity contribution is 6.63. The summed E-state index contributed by atoms with van der Waals surface area (Å²) < 4.78 is 17.1. The highest BCUT2D eigenvalue weighted by atomic mass is 16.7. The highest BCUT2D eigenvalue weighted by Crippen LogP contribution is 2.36. The molecule has 0 aliphatic carbocycles. The van der Waals surface area contributed by atoms with E-state index in [2.05, 4.69) is 0 Å². The van der Waals surface area contributed by atoms with Gasteiger partial charge >= 0.3 is 13.1 Å². The van der Waals surface area contributed by atoms with Crippen LogP contribution in [0.15, 0.2) is 24.3 Å². The predicted octanol–water partition coefficient (Wildman–Crippen LogP) is 3.19. The van der Waals surface area contributed by atoms with E-state index in [0.717, 1.165) is 0 Å². The summed E-state index contributed by atoms with van der Waals surface area (Å²) in [7, 11) is -0.555. The lowest BCUT2D eigenvalue weighted by atomic mass is 9.76. The van der Waals surface area contributed by atoms with Crippen molar-refractivity contribution in [3.63, 3.8) is 0 Å². The Morgan fingerprint density at radius 2 is 1.59 bits per heavy atom. The van der Waals surface area contributed by atoms with E-state index in [-0.39, 0.29) is 5.97 Å². The van der Waals surface area contributed by atoms with Gasteiger partial charge in [-0.15, -0.1) is 0 Å². The van der Waals surface area contributed by atoms with Gasteiger partial charge < -0.3 is 14.0 Å². The molecule has 22 heavy (non-hydrogen) atoms. The molecule has 122 valence electrons. The van der Waals surface area contributed by atoms with Crippen LogP contribution in [0.25, 0.3) is 0 Å². The van der Waals surface area contributed by atoms with Crippen LogP contribution in [0.1, 0.15) is 58.8 Å². The van der Waals surface area contributed by atoms with E-state index in [1.165, 1.54) is 0 Å². The summed E-state index contributed by atoms with van der Waals surface area (Å²) in [5.74, 6) is -0.349. The minimum absolute atomic E-state index is 0.344. The average molecular weight is 306 g/mol. The SMILES string of the molecule is CC.CCOC(=O)c1ccccc1B1OC(C)(C)C(C)(C)O1. The van der Waals surface area contributed by atoms with Crippen molar-refractivity contribution in [2.24, 2.45) is 0 Å². The average Bonchev–Trinajstić information content (AvgIpc) is 2.70. The molecule has 2 rings (SSSR count). The molecule has 1 heterocycles. The predicted molar refractivity (Wildman–Crippen MR) is 89.5 cm³/mol. The highest BCUT2D eigenvalue weighted by Gasteiger charge is 2.52.